The van der Waals surface area contributed by atoms with Gasteiger partial charge in [-0.2, -0.15) is 5.10 Å². The number of carbonyl (C=O) groups is 3. The average molecular weight is 236 g/mol. The Bertz CT molecular complexity index is 454. The standard InChI is InChI=1S/C10H12N4O3/c1-6-10(17)12-8(15)5-14(6)9(16)4-7-2-3-11-13-7/h2-3,6H,4-5H2,1H3,(H,11,13)(H,12,15,17). The zero-order chi connectivity index (χ0) is 12.4. The molecule has 0 radical (unpaired) electrons. The van der Waals surface area contributed by atoms with E-state index in [-0.39, 0.29) is 18.9 Å². The average Bonchev–Trinajstić information content (AvgIpc) is 2.76. The van der Waals surface area contributed by atoms with Crippen molar-refractivity contribution in [1.29, 1.82) is 0 Å². The minimum atomic E-state index is -0.622. The molecule has 17 heavy (non-hydrogen) atoms. The van der Waals surface area contributed by atoms with E-state index in [4.69, 9.17) is 0 Å². The largest absolute Gasteiger partial charge is 0.321 e. The van der Waals surface area contributed by atoms with Crippen LogP contribution in [0.15, 0.2) is 12.3 Å². The van der Waals surface area contributed by atoms with Crippen LogP contribution < -0.4 is 5.32 Å². The molecule has 0 aromatic carbocycles. The van der Waals surface area contributed by atoms with Crippen LogP contribution in [-0.2, 0) is 20.8 Å². The fourth-order valence-corrected chi connectivity index (χ4v) is 1.67. The molecule has 1 aliphatic rings. The van der Waals surface area contributed by atoms with Crippen molar-refractivity contribution in [1.82, 2.24) is 20.4 Å². The van der Waals surface area contributed by atoms with Gasteiger partial charge in [0, 0.05) is 11.9 Å². The molecule has 2 rings (SSSR count). The highest BCUT2D eigenvalue weighted by Crippen LogP contribution is 2.07. The molecular weight excluding hydrogens is 224 g/mol. The first-order valence-electron chi connectivity index (χ1n) is 5.19. The monoisotopic (exact) mass is 236 g/mol. The van der Waals surface area contributed by atoms with Gasteiger partial charge in [0.2, 0.25) is 17.7 Å². The molecule has 0 saturated carbocycles. The molecule has 1 aliphatic heterocycles. The van der Waals surface area contributed by atoms with Gasteiger partial charge in [-0.3, -0.25) is 24.8 Å². The molecule has 2 heterocycles. The third kappa shape index (κ3) is 2.32. The van der Waals surface area contributed by atoms with Gasteiger partial charge in [0.15, 0.2) is 0 Å². The first-order chi connectivity index (χ1) is 8.08. The van der Waals surface area contributed by atoms with Gasteiger partial charge in [0.1, 0.15) is 12.6 Å². The Labute approximate surface area is 97.2 Å². The molecule has 0 bridgehead atoms. The van der Waals surface area contributed by atoms with Crippen molar-refractivity contribution in [2.24, 2.45) is 0 Å². The molecule has 90 valence electrons. The van der Waals surface area contributed by atoms with E-state index < -0.39 is 17.9 Å². The van der Waals surface area contributed by atoms with Gasteiger partial charge in [-0.25, -0.2) is 0 Å². The van der Waals surface area contributed by atoms with Gasteiger partial charge >= 0.3 is 0 Å². The summed E-state index contributed by atoms with van der Waals surface area (Å²) in [6.07, 6.45) is 1.64. The SMILES string of the molecule is CC1C(=O)NC(=O)CN1C(=O)Cc1ccn[nH]1. The Morgan fingerprint density at radius 1 is 1.59 bits per heavy atom. The van der Waals surface area contributed by atoms with Crippen molar-refractivity contribution in [2.45, 2.75) is 19.4 Å². The first-order valence-corrected chi connectivity index (χ1v) is 5.19. The van der Waals surface area contributed by atoms with Crippen molar-refractivity contribution in [3.8, 4) is 0 Å². The maximum Gasteiger partial charge on any atom is 0.249 e. The highest BCUT2D eigenvalue weighted by atomic mass is 16.2. The van der Waals surface area contributed by atoms with Crippen LogP contribution in [0.4, 0.5) is 0 Å². The number of rotatable bonds is 2. The smallest absolute Gasteiger partial charge is 0.249 e. The van der Waals surface area contributed by atoms with Crippen LogP contribution in [-0.4, -0.2) is 45.4 Å². The molecular formula is C10H12N4O3. The second-order valence-corrected chi connectivity index (χ2v) is 3.87. The lowest BCUT2D eigenvalue weighted by atomic mass is 10.1. The highest BCUT2D eigenvalue weighted by molar-refractivity contribution is 6.04. The first kappa shape index (κ1) is 11.3. The lowest BCUT2D eigenvalue weighted by Gasteiger charge is -2.31. The number of hydrogen-bond donors (Lipinski definition) is 2. The molecule has 7 nitrogen and oxygen atoms in total. The Kier molecular flexibility index (Phi) is 2.90. The van der Waals surface area contributed by atoms with Crippen LogP contribution in [0.3, 0.4) is 0 Å². The Morgan fingerprint density at radius 3 is 3.00 bits per heavy atom. The number of nitrogens with one attached hydrogen (secondary N) is 2. The van der Waals surface area contributed by atoms with Crippen LogP contribution in [0.5, 0.6) is 0 Å². The van der Waals surface area contributed by atoms with E-state index in [0.29, 0.717) is 5.69 Å². The summed E-state index contributed by atoms with van der Waals surface area (Å²) in [5.74, 6) is -1.17. The Balaban J connectivity index is 2.07. The van der Waals surface area contributed by atoms with Gasteiger partial charge in [0.25, 0.3) is 0 Å². The molecule has 1 atom stereocenters. The van der Waals surface area contributed by atoms with E-state index in [1.165, 1.54) is 4.90 Å². The Morgan fingerprint density at radius 2 is 2.35 bits per heavy atom. The maximum atomic E-state index is 11.9. The van der Waals surface area contributed by atoms with Crippen LogP contribution >= 0.6 is 0 Å². The number of carbonyl (C=O) groups excluding carboxylic acids is 3. The molecule has 3 amide bonds. The van der Waals surface area contributed by atoms with Crippen LogP contribution in [0.2, 0.25) is 0 Å². The van der Waals surface area contributed by atoms with E-state index in [0.717, 1.165) is 0 Å². The summed E-state index contributed by atoms with van der Waals surface area (Å²) in [7, 11) is 0. The third-order valence-electron chi connectivity index (χ3n) is 2.64. The van der Waals surface area contributed by atoms with E-state index in [1.54, 1.807) is 19.2 Å². The second kappa shape index (κ2) is 4.36. The summed E-state index contributed by atoms with van der Waals surface area (Å²) in [5, 5.41) is 8.57. The predicted molar refractivity (Wildman–Crippen MR) is 56.6 cm³/mol. The number of nitrogens with zero attached hydrogens (tertiary/aromatic N) is 2. The maximum absolute atomic E-state index is 11.9. The van der Waals surface area contributed by atoms with Gasteiger partial charge < -0.3 is 4.90 Å². The minimum absolute atomic E-state index is 0.0835. The van der Waals surface area contributed by atoms with Crippen molar-refractivity contribution < 1.29 is 14.4 Å². The summed E-state index contributed by atoms with van der Waals surface area (Å²) in [4.78, 5) is 35.7. The molecule has 0 aliphatic carbocycles. The molecule has 1 aromatic heterocycles. The molecule has 2 N–H and O–H groups in total. The summed E-state index contributed by atoms with van der Waals surface area (Å²) in [5.41, 5.74) is 0.653. The summed E-state index contributed by atoms with van der Waals surface area (Å²) in [6, 6.07) is 1.05. The number of aromatic amines is 1. The summed E-state index contributed by atoms with van der Waals surface area (Å²) in [6.45, 7) is 1.51. The lowest BCUT2D eigenvalue weighted by molar-refractivity contribution is -0.149. The van der Waals surface area contributed by atoms with Crippen LogP contribution in [0, 0.1) is 0 Å². The molecule has 7 heteroatoms. The zero-order valence-electron chi connectivity index (χ0n) is 9.27. The quantitative estimate of drug-likeness (QED) is 0.632. The topological polar surface area (TPSA) is 95.2 Å². The van der Waals surface area contributed by atoms with Crippen molar-refractivity contribution in [2.75, 3.05) is 6.54 Å². The van der Waals surface area contributed by atoms with E-state index in [2.05, 4.69) is 15.5 Å². The number of hydrogen-bond acceptors (Lipinski definition) is 4. The van der Waals surface area contributed by atoms with E-state index in [1.807, 2.05) is 0 Å². The van der Waals surface area contributed by atoms with Gasteiger partial charge in [-0.1, -0.05) is 0 Å². The molecule has 1 fully saturated rings. The number of aromatic nitrogens is 2. The third-order valence-corrected chi connectivity index (χ3v) is 2.64. The van der Waals surface area contributed by atoms with Gasteiger partial charge in [-0.05, 0) is 13.0 Å². The Hall–Kier alpha value is -2.18. The normalized spacial score (nSPS) is 20.3. The summed E-state index contributed by atoms with van der Waals surface area (Å²) >= 11 is 0. The van der Waals surface area contributed by atoms with Gasteiger partial charge in [-0.15, -0.1) is 0 Å². The fraction of sp³-hybridized carbons (Fsp3) is 0.400. The van der Waals surface area contributed by atoms with Crippen LogP contribution in [0.1, 0.15) is 12.6 Å². The highest BCUT2D eigenvalue weighted by Gasteiger charge is 2.33. The fourth-order valence-electron chi connectivity index (χ4n) is 1.67. The molecule has 1 aromatic rings. The molecule has 1 saturated heterocycles. The molecule has 0 spiro atoms. The zero-order valence-corrected chi connectivity index (χ0v) is 9.27. The predicted octanol–water partition coefficient (Wildman–Crippen LogP) is -1.17. The minimum Gasteiger partial charge on any atom is -0.321 e. The van der Waals surface area contributed by atoms with Crippen molar-refractivity contribution in [3.63, 3.8) is 0 Å². The second-order valence-electron chi connectivity index (χ2n) is 3.87. The van der Waals surface area contributed by atoms with Crippen LogP contribution in [0.25, 0.3) is 0 Å². The number of amides is 3. The van der Waals surface area contributed by atoms with E-state index in [9.17, 15) is 14.4 Å². The number of H-pyrrole nitrogens is 1. The van der Waals surface area contributed by atoms with Crippen molar-refractivity contribution >= 4 is 17.7 Å². The van der Waals surface area contributed by atoms with Crippen molar-refractivity contribution in [3.05, 3.63) is 18.0 Å². The number of imide groups is 1. The lowest BCUT2D eigenvalue weighted by Crippen LogP contribution is -2.58. The van der Waals surface area contributed by atoms with Gasteiger partial charge in [0.05, 0.1) is 6.42 Å². The summed E-state index contributed by atoms with van der Waals surface area (Å²) < 4.78 is 0. The molecule has 1 unspecified atom stereocenters. The van der Waals surface area contributed by atoms with E-state index >= 15 is 0 Å². The number of piperazine rings is 1.